The lowest BCUT2D eigenvalue weighted by molar-refractivity contribution is -0.153. The van der Waals surface area contributed by atoms with Crippen molar-refractivity contribution in [3.05, 3.63) is 53.6 Å². The second-order valence-electron chi connectivity index (χ2n) is 6.80. The molecule has 2 N–H and O–H groups in total. The van der Waals surface area contributed by atoms with Crippen LogP contribution < -0.4 is 14.8 Å². The fourth-order valence-electron chi connectivity index (χ4n) is 2.80. The number of hydrogen-bond acceptors (Lipinski definition) is 6. The van der Waals surface area contributed by atoms with Crippen LogP contribution in [0.3, 0.4) is 0 Å². The van der Waals surface area contributed by atoms with Crippen molar-refractivity contribution < 1.29 is 33.6 Å². The summed E-state index contributed by atoms with van der Waals surface area (Å²) in [5.41, 5.74) is 1.83. The van der Waals surface area contributed by atoms with E-state index in [4.69, 9.17) is 18.9 Å². The van der Waals surface area contributed by atoms with Gasteiger partial charge in [-0.2, -0.15) is 0 Å². The molecule has 0 aliphatic carbocycles. The van der Waals surface area contributed by atoms with Gasteiger partial charge in [0.1, 0.15) is 18.1 Å². The Morgan fingerprint density at radius 1 is 1.07 bits per heavy atom. The van der Waals surface area contributed by atoms with Crippen LogP contribution in [-0.2, 0) is 27.3 Å². The fourth-order valence-corrected chi connectivity index (χ4v) is 2.80. The molecule has 2 rings (SSSR count). The molecule has 0 heterocycles. The summed E-state index contributed by atoms with van der Waals surface area (Å²) >= 11 is 0. The van der Waals surface area contributed by atoms with E-state index >= 15 is 0 Å². The van der Waals surface area contributed by atoms with Gasteiger partial charge in [0.05, 0.1) is 20.3 Å². The number of benzene rings is 2. The number of carbonyl (C=O) groups is 2. The summed E-state index contributed by atoms with van der Waals surface area (Å²) in [4.78, 5) is 23.7. The van der Waals surface area contributed by atoms with Crippen molar-refractivity contribution in [2.45, 2.75) is 39.1 Å². The van der Waals surface area contributed by atoms with Gasteiger partial charge in [-0.3, -0.25) is 5.32 Å². The predicted octanol–water partition coefficient (Wildman–Crippen LogP) is 3.87. The average Bonchev–Trinajstić information content (AvgIpc) is 2.71. The molecule has 0 bridgehead atoms. The molecule has 1 atom stereocenters. The Morgan fingerprint density at radius 3 is 2.47 bits per heavy atom. The Hall–Kier alpha value is -3.26. The van der Waals surface area contributed by atoms with E-state index in [0.717, 1.165) is 5.56 Å². The van der Waals surface area contributed by atoms with Gasteiger partial charge in [-0.05, 0) is 55.3 Å². The molecule has 8 heteroatoms. The van der Waals surface area contributed by atoms with Crippen molar-refractivity contribution in [1.29, 1.82) is 0 Å². The first kappa shape index (κ1) is 23.0. The molecule has 0 saturated carbocycles. The molecule has 0 aliphatic rings. The highest BCUT2D eigenvalue weighted by Gasteiger charge is 2.22. The standard InChI is InChI=1S/C22H27NO7/c1-14(2)30-20(21(24)25)12-16-11-17(8-9-19(16)28-4)23-22(26)29-13-15-6-5-7-18(10-15)27-3/h5-11,14,20H,12-13H2,1-4H3,(H,23,26)(H,24,25). The quantitative estimate of drug-likeness (QED) is 0.605. The number of amides is 1. The van der Waals surface area contributed by atoms with E-state index < -0.39 is 18.2 Å². The Labute approximate surface area is 175 Å². The van der Waals surface area contributed by atoms with Crippen LogP contribution in [0.1, 0.15) is 25.0 Å². The first-order valence-electron chi connectivity index (χ1n) is 9.44. The molecule has 0 spiro atoms. The highest BCUT2D eigenvalue weighted by atomic mass is 16.5. The molecule has 0 aliphatic heterocycles. The van der Waals surface area contributed by atoms with Gasteiger partial charge in [-0.15, -0.1) is 0 Å². The molecule has 2 aromatic carbocycles. The normalized spacial score (nSPS) is 11.6. The largest absolute Gasteiger partial charge is 0.497 e. The monoisotopic (exact) mass is 417 g/mol. The van der Waals surface area contributed by atoms with E-state index in [1.54, 1.807) is 51.3 Å². The van der Waals surface area contributed by atoms with Crippen LogP contribution in [0, 0.1) is 0 Å². The lowest BCUT2D eigenvalue weighted by Gasteiger charge is -2.18. The van der Waals surface area contributed by atoms with E-state index in [2.05, 4.69) is 5.32 Å². The Morgan fingerprint density at radius 2 is 1.83 bits per heavy atom. The number of ether oxygens (including phenoxy) is 4. The average molecular weight is 417 g/mol. The molecule has 2 aromatic rings. The Balaban J connectivity index is 2.05. The summed E-state index contributed by atoms with van der Waals surface area (Å²) < 4.78 is 21.2. The maximum atomic E-state index is 12.2. The van der Waals surface area contributed by atoms with Crippen LogP contribution in [0.4, 0.5) is 10.5 Å². The number of hydrogen-bond donors (Lipinski definition) is 2. The SMILES string of the molecule is COc1cccc(COC(=O)Nc2ccc(OC)c(CC(OC(C)C)C(=O)O)c2)c1. The minimum absolute atomic E-state index is 0.0787. The molecule has 8 nitrogen and oxygen atoms in total. The van der Waals surface area contributed by atoms with Gasteiger partial charge < -0.3 is 24.1 Å². The van der Waals surface area contributed by atoms with E-state index in [-0.39, 0.29) is 19.1 Å². The molecule has 1 unspecified atom stereocenters. The van der Waals surface area contributed by atoms with Crippen molar-refractivity contribution in [3.8, 4) is 11.5 Å². The first-order chi connectivity index (χ1) is 14.3. The lowest BCUT2D eigenvalue weighted by atomic mass is 10.1. The zero-order chi connectivity index (χ0) is 22.1. The molecular formula is C22H27NO7. The number of nitrogens with one attached hydrogen (secondary N) is 1. The van der Waals surface area contributed by atoms with E-state index in [1.165, 1.54) is 7.11 Å². The maximum absolute atomic E-state index is 12.2. The lowest BCUT2D eigenvalue weighted by Crippen LogP contribution is -2.29. The number of carboxylic acids is 1. The molecule has 0 radical (unpaired) electrons. The summed E-state index contributed by atoms with van der Waals surface area (Å²) in [7, 11) is 3.06. The Bertz CT molecular complexity index is 866. The van der Waals surface area contributed by atoms with E-state index in [1.807, 2.05) is 12.1 Å². The molecule has 0 aromatic heterocycles. The van der Waals surface area contributed by atoms with Gasteiger partial charge in [-0.1, -0.05) is 12.1 Å². The maximum Gasteiger partial charge on any atom is 0.411 e. The molecule has 0 fully saturated rings. The number of aliphatic carboxylic acids is 1. The summed E-state index contributed by atoms with van der Waals surface area (Å²) in [5, 5.41) is 12.1. The Kier molecular flexibility index (Phi) is 8.49. The summed E-state index contributed by atoms with van der Waals surface area (Å²) in [6.45, 7) is 3.61. The van der Waals surface area contributed by atoms with Crippen LogP contribution in [0.25, 0.3) is 0 Å². The van der Waals surface area contributed by atoms with Gasteiger partial charge in [-0.25, -0.2) is 9.59 Å². The number of carbonyl (C=O) groups excluding carboxylic acids is 1. The summed E-state index contributed by atoms with van der Waals surface area (Å²) in [5.74, 6) is 0.110. The predicted molar refractivity (Wildman–Crippen MR) is 111 cm³/mol. The van der Waals surface area contributed by atoms with Crippen LogP contribution in [0.5, 0.6) is 11.5 Å². The zero-order valence-corrected chi connectivity index (χ0v) is 17.5. The number of methoxy groups -OCH3 is 2. The number of rotatable bonds is 10. The van der Waals surface area contributed by atoms with Crippen molar-refractivity contribution in [1.82, 2.24) is 0 Å². The highest BCUT2D eigenvalue weighted by Crippen LogP contribution is 2.25. The van der Waals surface area contributed by atoms with Crippen LogP contribution in [-0.4, -0.2) is 43.6 Å². The minimum atomic E-state index is -1.07. The van der Waals surface area contributed by atoms with Gasteiger partial charge in [0, 0.05) is 12.1 Å². The molecule has 30 heavy (non-hydrogen) atoms. The summed E-state index contributed by atoms with van der Waals surface area (Å²) in [6.07, 6.45) is -1.83. The van der Waals surface area contributed by atoms with Gasteiger partial charge in [0.2, 0.25) is 0 Å². The highest BCUT2D eigenvalue weighted by molar-refractivity contribution is 5.85. The summed E-state index contributed by atoms with van der Waals surface area (Å²) in [6, 6.07) is 12.2. The second-order valence-corrected chi connectivity index (χ2v) is 6.80. The van der Waals surface area contributed by atoms with Gasteiger partial charge in [0.25, 0.3) is 0 Å². The van der Waals surface area contributed by atoms with Crippen molar-refractivity contribution in [2.75, 3.05) is 19.5 Å². The molecule has 162 valence electrons. The topological polar surface area (TPSA) is 103 Å². The third-order valence-corrected chi connectivity index (χ3v) is 4.15. The third kappa shape index (κ3) is 6.97. The third-order valence-electron chi connectivity index (χ3n) is 4.15. The zero-order valence-electron chi connectivity index (χ0n) is 17.5. The smallest absolute Gasteiger partial charge is 0.411 e. The van der Waals surface area contributed by atoms with E-state index in [0.29, 0.717) is 22.7 Å². The van der Waals surface area contributed by atoms with Crippen molar-refractivity contribution in [3.63, 3.8) is 0 Å². The van der Waals surface area contributed by atoms with Crippen LogP contribution in [0.15, 0.2) is 42.5 Å². The molecule has 0 saturated heterocycles. The van der Waals surface area contributed by atoms with Crippen molar-refractivity contribution >= 4 is 17.7 Å². The van der Waals surface area contributed by atoms with Crippen molar-refractivity contribution in [2.24, 2.45) is 0 Å². The van der Waals surface area contributed by atoms with Crippen LogP contribution >= 0.6 is 0 Å². The number of carboxylic acid groups (broad SMARTS) is 1. The van der Waals surface area contributed by atoms with E-state index in [9.17, 15) is 14.7 Å². The van der Waals surface area contributed by atoms with Crippen LogP contribution in [0.2, 0.25) is 0 Å². The second kappa shape index (κ2) is 11.1. The molecular weight excluding hydrogens is 390 g/mol. The van der Waals surface area contributed by atoms with Gasteiger partial charge >= 0.3 is 12.1 Å². The fraction of sp³-hybridized carbons (Fsp3) is 0.364. The minimum Gasteiger partial charge on any atom is -0.497 e. The van der Waals surface area contributed by atoms with Gasteiger partial charge in [0.15, 0.2) is 6.10 Å². The first-order valence-corrected chi connectivity index (χ1v) is 9.44. The molecule has 1 amide bonds. The number of anilines is 1.